The molecule has 19 heavy (non-hydrogen) atoms. The summed E-state index contributed by atoms with van der Waals surface area (Å²) in [5.41, 5.74) is 5.74. The van der Waals surface area contributed by atoms with Gasteiger partial charge in [-0.1, -0.05) is 12.8 Å². The average Bonchev–Trinajstić information content (AvgIpc) is 2.36. The van der Waals surface area contributed by atoms with Gasteiger partial charge in [-0.3, -0.25) is 4.79 Å². The van der Waals surface area contributed by atoms with Gasteiger partial charge in [0.2, 0.25) is 5.91 Å². The van der Waals surface area contributed by atoms with Crippen molar-refractivity contribution in [3.05, 3.63) is 28.2 Å². The van der Waals surface area contributed by atoms with Gasteiger partial charge in [0.15, 0.2) is 0 Å². The summed E-state index contributed by atoms with van der Waals surface area (Å²) in [7, 11) is 0. The molecule has 2 unspecified atom stereocenters. The smallest absolute Gasteiger partial charge is 0.229 e. The number of carbonyl (C=O) groups excluding carboxylic acids is 1. The Labute approximate surface area is 118 Å². The predicted molar refractivity (Wildman–Crippen MR) is 72.6 cm³/mol. The van der Waals surface area contributed by atoms with Crippen LogP contribution in [0.4, 0.5) is 14.5 Å². The lowest BCUT2D eigenvalue weighted by Gasteiger charge is -2.27. The number of carbonyl (C=O) groups is 1. The van der Waals surface area contributed by atoms with Gasteiger partial charge in [-0.05, 0) is 34.8 Å². The molecule has 0 heterocycles. The van der Waals surface area contributed by atoms with Crippen LogP contribution in [-0.4, -0.2) is 11.9 Å². The molecule has 6 heteroatoms. The van der Waals surface area contributed by atoms with Crippen LogP contribution in [0.5, 0.6) is 0 Å². The maximum atomic E-state index is 13.6. The highest BCUT2D eigenvalue weighted by atomic mass is 79.9. The molecule has 3 nitrogen and oxygen atoms in total. The number of hydrogen-bond donors (Lipinski definition) is 2. The van der Waals surface area contributed by atoms with Crippen LogP contribution in [0.25, 0.3) is 0 Å². The van der Waals surface area contributed by atoms with Gasteiger partial charge < -0.3 is 11.1 Å². The molecule has 0 aliphatic heterocycles. The Morgan fingerprint density at radius 2 is 1.95 bits per heavy atom. The normalized spacial score (nSPS) is 23.2. The number of nitrogens with two attached hydrogens (primary N) is 1. The van der Waals surface area contributed by atoms with Crippen LogP contribution in [-0.2, 0) is 4.79 Å². The number of benzene rings is 1. The van der Waals surface area contributed by atoms with Gasteiger partial charge in [-0.15, -0.1) is 0 Å². The summed E-state index contributed by atoms with van der Waals surface area (Å²) in [4.78, 5) is 12.0. The minimum absolute atomic E-state index is 0.0253. The van der Waals surface area contributed by atoms with E-state index in [4.69, 9.17) is 5.73 Å². The van der Waals surface area contributed by atoms with Crippen LogP contribution in [0.1, 0.15) is 25.7 Å². The van der Waals surface area contributed by atoms with E-state index >= 15 is 0 Å². The number of nitrogens with one attached hydrogen (secondary N) is 1. The first-order valence-corrected chi connectivity index (χ1v) is 6.99. The summed E-state index contributed by atoms with van der Waals surface area (Å²) in [6, 6.07) is 1.74. The highest BCUT2D eigenvalue weighted by Crippen LogP contribution is 2.27. The van der Waals surface area contributed by atoms with E-state index < -0.39 is 11.6 Å². The van der Waals surface area contributed by atoms with Crippen LogP contribution in [0, 0.1) is 17.6 Å². The van der Waals surface area contributed by atoms with Gasteiger partial charge in [0.05, 0.1) is 16.1 Å². The molecule has 1 amide bonds. The van der Waals surface area contributed by atoms with E-state index in [9.17, 15) is 13.6 Å². The molecule has 2 rings (SSSR count). The van der Waals surface area contributed by atoms with E-state index in [0.717, 1.165) is 31.4 Å². The van der Waals surface area contributed by atoms with E-state index in [1.54, 1.807) is 0 Å². The van der Waals surface area contributed by atoms with Gasteiger partial charge in [-0.2, -0.15) is 0 Å². The molecule has 0 saturated heterocycles. The van der Waals surface area contributed by atoms with Crippen molar-refractivity contribution in [2.24, 2.45) is 11.7 Å². The maximum Gasteiger partial charge on any atom is 0.229 e. The molecule has 1 aromatic carbocycles. The molecule has 0 radical (unpaired) electrons. The average molecular weight is 333 g/mol. The Morgan fingerprint density at radius 3 is 2.63 bits per heavy atom. The van der Waals surface area contributed by atoms with Gasteiger partial charge in [0.1, 0.15) is 11.6 Å². The second-order valence-electron chi connectivity index (χ2n) is 4.79. The molecular formula is C13H15BrF2N2O. The van der Waals surface area contributed by atoms with Crippen molar-refractivity contribution in [3.8, 4) is 0 Å². The molecule has 1 aliphatic carbocycles. The predicted octanol–water partition coefficient (Wildman–Crippen LogP) is 3.18. The molecule has 3 N–H and O–H groups in total. The van der Waals surface area contributed by atoms with Gasteiger partial charge >= 0.3 is 0 Å². The fourth-order valence-electron chi connectivity index (χ4n) is 2.33. The molecule has 0 bridgehead atoms. The highest BCUT2D eigenvalue weighted by molar-refractivity contribution is 9.10. The van der Waals surface area contributed by atoms with Crippen molar-refractivity contribution >= 4 is 27.5 Å². The lowest BCUT2D eigenvalue weighted by molar-refractivity contribution is -0.121. The first-order valence-electron chi connectivity index (χ1n) is 6.20. The Bertz CT molecular complexity index is 496. The fraction of sp³-hybridized carbons (Fsp3) is 0.462. The molecule has 2 atom stereocenters. The maximum absolute atomic E-state index is 13.6. The second kappa shape index (κ2) is 5.96. The SMILES string of the molecule is NC1CCCCC1C(=O)Nc1cc(F)c(Br)cc1F. The molecule has 0 spiro atoms. The summed E-state index contributed by atoms with van der Waals surface area (Å²) >= 11 is 2.88. The zero-order valence-corrected chi connectivity index (χ0v) is 11.8. The number of hydrogen-bond acceptors (Lipinski definition) is 2. The number of rotatable bonds is 2. The largest absolute Gasteiger partial charge is 0.327 e. The van der Waals surface area contributed by atoms with Crippen molar-refractivity contribution in [2.45, 2.75) is 31.7 Å². The Balaban J connectivity index is 2.12. The van der Waals surface area contributed by atoms with Crippen molar-refractivity contribution < 1.29 is 13.6 Å². The van der Waals surface area contributed by atoms with Crippen LogP contribution < -0.4 is 11.1 Å². The first-order chi connectivity index (χ1) is 8.99. The van der Waals surface area contributed by atoms with E-state index in [-0.39, 0.29) is 28.0 Å². The van der Waals surface area contributed by atoms with E-state index in [2.05, 4.69) is 21.2 Å². The Kier molecular flexibility index (Phi) is 4.52. The molecular weight excluding hydrogens is 318 g/mol. The van der Waals surface area contributed by atoms with Crippen LogP contribution >= 0.6 is 15.9 Å². The summed E-state index contributed by atoms with van der Waals surface area (Å²) in [5.74, 6) is -1.97. The third-order valence-corrected chi connectivity index (χ3v) is 4.03. The van der Waals surface area contributed by atoms with Crippen LogP contribution in [0.3, 0.4) is 0 Å². The van der Waals surface area contributed by atoms with Gasteiger partial charge in [0.25, 0.3) is 0 Å². The number of anilines is 1. The lowest BCUT2D eigenvalue weighted by Crippen LogP contribution is -2.40. The van der Waals surface area contributed by atoms with Crippen molar-refractivity contribution in [2.75, 3.05) is 5.32 Å². The summed E-state index contributed by atoms with van der Waals surface area (Å²) in [6.07, 6.45) is 3.41. The third kappa shape index (κ3) is 3.30. The zero-order chi connectivity index (χ0) is 14.0. The topological polar surface area (TPSA) is 55.1 Å². The minimum atomic E-state index is -0.675. The summed E-state index contributed by atoms with van der Waals surface area (Å²) in [5, 5.41) is 2.42. The quantitative estimate of drug-likeness (QED) is 0.817. The molecule has 104 valence electrons. The highest BCUT2D eigenvalue weighted by Gasteiger charge is 2.28. The molecule has 1 aliphatic rings. The Morgan fingerprint density at radius 1 is 1.26 bits per heavy atom. The third-order valence-electron chi connectivity index (χ3n) is 3.42. The standard InChI is InChI=1S/C13H15BrF2N2O/c14-8-5-10(16)12(6-9(8)15)18-13(19)7-3-1-2-4-11(7)17/h5-7,11H,1-4,17H2,(H,18,19). The van der Waals surface area contributed by atoms with Gasteiger partial charge in [0, 0.05) is 12.1 Å². The zero-order valence-electron chi connectivity index (χ0n) is 10.3. The van der Waals surface area contributed by atoms with Gasteiger partial charge in [-0.25, -0.2) is 8.78 Å². The summed E-state index contributed by atoms with van der Waals surface area (Å²) < 4.78 is 27.0. The van der Waals surface area contributed by atoms with Crippen molar-refractivity contribution in [1.82, 2.24) is 0 Å². The van der Waals surface area contributed by atoms with E-state index in [1.165, 1.54) is 0 Å². The van der Waals surface area contributed by atoms with Crippen LogP contribution in [0.15, 0.2) is 16.6 Å². The minimum Gasteiger partial charge on any atom is -0.327 e. The van der Waals surface area contributed by atoms with E-state index in [0.29, 0.717) is 6.42 Å². The fourth-order valence-corrected chi connectivity index (χ4v) is 2.64. The number of halogens is 3. The molecule has 1 aromatic rings. The molecule has 1 saturated carbocycles. The van der Waals surface area contributed by atoms with E-state index in [1.807, 2.05) is 0 Å². The monoisotopic (exact) mass is 332 g/mol. The molecule has 0 aromatic heterocycles. The van der Waals surface area contributed by atoms with Crippen LogP contribution in [0.2, 0.25) is 0 Å². The second-order valence-corrected chi connectivity index (χ2v) is 5.64. The number of amides is 1. The molecule has 1 fully saturated rings. The lowest BCUT2D eigenvalue weighted by atomic mass is 9.84. The van der Waals surface area contributed by atoms with Crippen molar-refractivity contribution in [1.29, 1.82) is 0 Å². The first kappa shape index (κ1) is 14.4. The van der Waals surface area contributed by atoms with Crippen molar-refractivity contribution in [3.63, 3.8) is 0 Å². The Hall–Kier alpha value is -1.01. The summed E-state index contributed by atoms with van der Waals surface area (Å²) in [6.45, 7) is 0.